The van der Waals surface area contributed by atoms with Crippen LogP contribution in [-0.4, -0.2) is 41.1 Å². The van der Waals surface area contributed by atoms with Crippen molar-refractivity contribution >= 4 is 32.5 Å². The molecule has 6 heteroatoms. The first-order valence-corrected chi connectivity index (χ1v) is 11.3. The molecule has 0 radical (unpaired) electrons. The highest BCUT2D eigenvalue weighted by Gasteiger charge is 2.21. The predicted octanol–water partition coefficient (Wildman–Crippen LogP) is 4.95. The molecule has 0 amide bonds. The van der Waals surface area contributed by atoms with Gasteiger partial charge >= 0.3 is 0 Å². The fourth-order valence-corrected chi connectivity index (χ4v) is 4.99. The molecule has 1 saturated heterocycles. The van der Waals surface area contributed by atoms with E-state index < -0.39 is 0 Å². The van der Waals surface area contributed by atoms with Crippen LogP contribution in [0.3, 0.4) is 0 Å². The van der Waals surface area contributed by atoms with E-state index in [1.54, 1.807) is 11.3 Å². The molecule has 1 aliphatic rings. The lowest BCUT2D eigenvalue weighted by molar-refractivity contribution is 0.645. The van der Waals surface area contributed by atoms with Gasteiger partial charge in [-0.05, 0) is 31.0 Å². The van der Waals surface area contributed by atoms with E-state index in [-0.39, 0.29) is 0 Å². The van der Waals surface area contributed by atoms with Crippen LogP contribution in [0.5, 0.6) is 0 Å². The number of nitrogens with zero attached hydrogens (tertiary/aromatic N) is 5. The quantitative estimate of drug-likeness (QED) is 0.472. The fraction of sp³-hybridized carbons (Fsp3) is 0.292. The Morgan fingerprint density at radius 1 is 0.867 bits per heavy atom. The molecule has 5 nitrogen and oxygen atoms in total. The van der Waals surface area contributed by atoms with Gasteiger partial charge in [0.25, 0.3) is 0 Å². The van der Waals surface area contributed by atoms with Gasteiger partial charge in [-0.25, -0.2) is 15.0 Å². The number of piperazine rings is 1. The topological polar surface area (TPSA) is 45.2 Å². The van der Waals surface area contributed by atoms with Crippen LogP contribution in [0.25, 0.3) is 21.5 Å². The van der Waals surface area contributed by atoms with E-state index >= 15 is 0 Å². The summed E-state index contributed by atoms with van der Waals surface area (Å²) in [6.07, 6.45) is 1.06. The lowest BCUT2D eigenvalue weighted by Gasteiger charge is -2.35. The zero-order valence-corrected chi connectivity index (χ0v) is 18.2. The number of thiazole rings is 1. The number of fused-ring (bicyclic) bond motifs is 1. The molecule has 0 spiro atoms. The first-order valence-electron chi connectivity index (χ1n) is 10.5. The van der Waals surface area contributed by atoms with Crippen molar-refractivity contribution in [2.24, 2.45) is 0 Å². The van der Waals surface area contributed by atoms with Crippen LogP contribution < -0.4 is 9.80 Å². The summed E-state index contributed by atoms with van der Waals surface area (Å²) in [6.45, 7) is 7.92. The summed E-state index contributed by atoms with van der Waals surface area (Å²) in [6, 6.07) is 19.1. The Hall–Kier alpha value is -2.99. The van der Waals surface area contributed by atoms with Crippen molar-refractivity contribution in [2.45, 2.75) is 20.3 Å². The van der Waals surface area contributed by atoms with E-state index in [0.717, 1.165) is 66.1 Å². The second kappa shape index (κ2) is 8.03. The average Bonchev–Trinajstić information content (AvgIpc) is 3.22. The zero-order chi connectivity index (χ0) is 20.5. The van der Waals surface area contributed by atoms with Gasteiger partial charge in [-0.1, -0.05) is 54.7 Å². The lowest BCUT2D eigenvalue weighted by Crippen LogP contribution is -2.46. The summed E-state index contributed by atoms with van der Waals surface area (Å²) in [5.74, 6) is 1.82. The lowest BCUT2D eigenvalue weighted by atomic mass is 10.1. The Morgan fingerprint density at radius 2 is 1.63 bits per heavy atom. The molecule has 1 aliphatic heterocycles. The first-order chi connectivity index (χ1) is 14.7. The van der Waals surface area contributed by atoms with Gasteiger partial charge in [-0.2, -0.15) is 0 Å². The van der Waals surface area contributed by atoms with Crippen molar-refractivity contribution in [1.82, 2.24) is 15.0 Å². The number of aromatic nitrogens is 3. The molecule has 152 valence electrons. The first kappa shape index (κ1) is 19.0. The molecule has 0 atom stereocenters. The second-order valence-electron chi connectivity index (χ2n) is 7.65. The van der Waals surface area contributed by atoms with Crippen molar-refractivity contribution in [3.63, 3.8) is 0 Å². The summed E-state index contributed by atoms with van der Waals surface area (Å²) in [5, 5.41) is 1.13. The third-order valence-electron chi connectivity index (χ3n) is 5.62. The fourth-order valence-electron chi connectivity index (χ4n) is 3.91. The van der Waals surface area contributed by atoms with E-state index in [2.05, 4.69) is 58.1 Å². The van der Waals surface area contributed by atoms with Crippen LogP contribution in [-0.2, 0) is 6.42 Å². The van der Waals surface area contributed by atoms with Crippen molar-refractivity contribution in [2.75, 3.05) is 36.0 Å². The summed E-state index contributed by atoms with van der Waals surface area (Å²) in [7, 11) is 0. The second-order valence-corrected chi connectivity index (χ2v) is 8.66. The van der Waals surface area contributed by atoms with Crippen LogP contribution in [0.2, 0.25) is 0 Å². The van der Waals surface area contributed by atoms with E-state index in [0.29, 0.717) is 0 Å². The summed E-state index contributed by atoms with van der Waals surface area (Å²) in [4.78, 5) is 19.0. The maximum absolute atomic E-state index is 4.88. The van der Waals surface area contributed by atoms with E-state index in [9.17, 15) is 0 Å². The third kappa shape index (κ3) is 3.75. The Balaban J connectivity index is 1.33. The van der Waals surface area contributed by atoms with Crippen molar-refractivity contribution in [1.29, 1.82) is 0 Å². The smallest absolute Gasteiger partial charge is 0.186 e. The number of aryl methyl sites for hydroxylation is 2. The van der Waals surface area contributed by atoms with Crippen LogP contribution in [0.15, 0.2) is 54.6 Å². The van der Waals surface area contributed by atoms with Gasteiger partial charge in [0.2, 0.25) is 0 Å². The molecule has 0 aliphatic carbocycles. The molecule has 30 heavy (non-hydrogen) atoms. The molecule has 3 heterocycles. The number of hydrogen-bond donors (Lipinski definition) is 0. The van der Waals surface area contributed by atoms with Gasteiger partial charge in [-0.15, -0.1) is 0 Å². The molecule has 5 rings (SSSR count). The Morgan fingerprint density at radius 3 is 2.40 bits per heavy atom. The van der Waals surface area contributed by atoms with Crippen LogP contribution >= 0.6 is 11.3 Å². The Labute approximate surface area is 181 Å². The molecule has 0 N–H and O–H groups in total. The maximum atomic E-state index is 4.88. The molecule has 2 aromatic heterocycles. The largest absolute Gasteiger partial charge is 0.353 e. The van der Waals surface area contributed by atoms with E-state index in [4.69, 9.17) is 9.97 Å². The highest BCUT2D eigenvalue weighted by molar-refractivity contribution is 7.22. The van der Waals surface area contributed by atoms with Crippen LogP contribution in [0, 0.1) is 6.92 Å². The summed E-state index contributed by atoms with van der Waals surface area (Å²) < 4.78 is 1.28. The molecule has 4 aromatic rings. The highest BCUT2D eigenvalue weighted by atomic mass is 32.1. The standard InChI is InChI=1S/C24H25N5S/c1-3-18-9-10-20-22(15-18)30-24(27-20)29-13-11-28(12-14-29)23-16-21(25-17(2)26-23)19-7-5-4-6-8-19/h4-10,15-16H,3,11-14H2,1-2H3. The van der Waals surface area contributed by atoms with Gasteiger partial charge in [-0.3, -0.25) is 0 Å². The molecule has 1 fully saturated rings. The minimum atomic E-state index is 0.812. The van der Waals surface area contributed by atoms with Crippen molar-refractivity contribution < 1.29 is 0 Å². The van der Waals surface area contributed by atoms with Gasteiger partial charge in [0.05, 0.1) is 15.9 Å². The number of anilines is 2. The Kier molecular flexibility index (Phi) is 5.09. The minimum absolute atomic E-state index is 0.812. The number of benzene rings is 2. The van der Waals surface area contributed by atoms with Gasteiger partial charge < -0.3 is 9.80 Å². The predicted molar refractivity (Wildman–Crippen MR) is 126 cm³/mol. The van der Waals surface area contributed by atoms with E-state index in [1.165, 1.54) is 10.3 Å². The zero-order valence-electron chi connectivity index (χ0n) is 17.4. The molecule has 0 saturated carbocycles. The molecular weight excluding hydrogens is 390 g/mol. The van der Waals surface area contributed by atoms with Crippen molar-refractivity contribution in [3.05, 3.63) is 66.0 Å². The molecule has 2 aromatic carbocycles. The van der Waals surface area contributed by atoms with Gasteiger partial charge in [0.1, 0.15) is 11.6 Å². The van der Waals surface area contributed by atoms with Crippen molar-refractivity contribution in [3.8, 4) is 11.3 Å². The number of rotatable bonds is 4. The normalized spacial score (nSPS) is 14.5. The maximum Gasteiger partial charge on any atom is 0.186 e. The highest BCUT2D eigenvalue weighted by Crippen LogP contribution is 2.31. The van der Waals surface area contributed by atoms with E-state index in [1.807, 2.05) is 25.1 Å². The van der Waals surface area contributed by atoms with Gasteiger partial charge in [0, 0.05) is 37.8 Å². The molecular formula is C24H25N5S. The Bertz CT molecular complexity index is 1160. The minimum Gasteiger partial charge on any atom is -0.353 e. The number of hydrogen-bond acceptors (Lipinski definition) is 6. The van der Waals surface area contributed by atoms with Crippen LogP contribution in [0.1, 0.15) is 18.3 Å². The summed E-state index contributed by atoms with van der Waals surface area (Å²) in [5.41, 5.74) is 4.59. The van der Waals surface area contributed by atoms with Crippen LogP contribution in [0.4, 0.5) is 10.9 Å². The molecule has 0 bridgehead atoms. The summed E-state index contributed by atoms with van der Waals surface area (Å²) >= 11 is 1.80. The van der Waals surface area contributed by atoms with Gasteiger partial charge in [0.15, 0.2) is 5.13 Å². The molecule has 0 unspecified atom stereocenters. The SMILES string of the molecule is CCc1ccc2nc(N3CCN(c4cc(-c5ccccc5)nc(C)n4)CC3)sc2c1. The average molecular weight is 416 g/mol. The third-order valence-corrected chi connectivity index (χ3v) is 6.70. The monoisotopic (exact) mass is 415 g/mol.